The van der Waals surface area contributed by atoms with Gasteiger partial charge >= 0.3 is 0 Å². The molecule has 1 fully saturated rings. The molecule has 0 spiro atoms. The van der Waals surface area contributed by atoms with Crippen LogP contribution in [-0.4, -0.2) is 14.2 Å². The largest absolute Gasteiger partial charge is 0.493 e. The second-order valence-electron chi connectivity index (χ2n) is 4.46. The molecule has 4 heteroatoms. The zero-order valence-corrected chi connectivity index (χ0v) is 12.1. The van der Waals surface area contributed by atoms with E-state index in [1.807, 2.05) is 6.07 Å². The average Bonchev–Trinajstić information content (AvgIpc) is 3.06. The maximum absolute atomic E-state index is 6.33. The predicted molar refractivity (Wildman–Crippen MR) is 71.7 cm³/mol. The van der Waals surface area contributed by atoms with Gasteiger partial charge in [0.05, 0.1) is 14.2 Å². The van der Waals surface area contributed by atoms with Crippen LogP contribution in [0.15, 0.2) is 10.5 Å². The first-order valence-electron chi connectivity index (χ1n) is 5.80. The van der Waals surface area contributed by atoms with Crippen LogP contribution in [0, 0.1) is 0 Å². The van der Waals surface area contributed by atoms with Crippen molar-refractivity contribution in [3.05, 3.63) is 21.7 Å². The fraction of sp³-hybridized carbons (Fsp3) is 0.538. The molecule has 3 nitrogen and oxygen atoms in total. The summed E-state index contributed by atoms with van der Waals surface area (Å²) >= 11 is 3.60. The lowest BCUT2D eigenvalue weighted by atomic mass is 9.96. The normalized spacial score (nSPS) is 16.8. The zero-order valence-electron chi connectivity index (χ0n) is 10.5. The standard InChI is InChI=1S/C13H18BrNO2/c1-4-8-11(13(15)5-6-13)9(14)7-10(16-2)12(8)17-3/h7H,4-6,15H2,1-3H3. The van der Waals surface area contributed by atoms with Gasteiger partial charge in [-0.2, -0.15) is 0 Å². The van der Waals surface area contributed by atoms with Gasteiger partial charge < -0.3 is 15.2 Å². The van der Waals surface area contributed by atoms with Crippen LogP contribution in [0.5, 0.6) is 11.5 Å². The number of hydrogen-bond acceptors (Lipinski definition) is 3. The molecule has 0 aromatic heterocycles. The Kier molecular flexibility index (Phi) is 3.36. The van der Waals surface area contributed by atoms with Crippen molar-refractivity contribution in [2.24, 2.45) is 5.73 Å². The number of nitrogens with two attached hydrogens (primary N) is 1. The first-order valence-corrected chi connectivity index (χ1v) is 6.59. The van der Waals surface area contributed by atoms with Crippen LogP contribution >= 0.6 is 15.9 Å². The summed E-state index contributed by atoms with van der Waals surface area (Å²) < 4.78 is 11.8. The highest BCUT2D eigenvalue weighted by atomic mass is 79.9. The zero-order chi connectivity index (χ0) is 12.6. The Labute approximate surface area is 110 Å². The van der Waals surface area contributed by atoms with Crippen molar-refractivity contribution in [2.75, 3.05) is 14.2 Å². The molecule has 1 aliphatic carbocycles. The minimum atomic E-state index is -0.177. The van der Waals surface area contributed by atoms with E-state index in [4.69, 9.17) is 15.2 Å². The lowest BCUT2D eigenvalue weighted by molar-refractivity contribution is 0.350. The Hall–Kier alpha value is -0.740. The highest BCUT2D eigenvalue weighted by molar-refractivity contribution is 9.10. The van der Waals surface area contributed by atoms with E-state index < -0.39 is 0 Å². The van der Waals surface area contributed by atoms with Gasteiger partial charge in [-0.05, 0) is 30.9 Å². The fourth-order valence-corrected chi connectivity index (χ4v) is 3.14. The Morgan fingerprint density at radius 1 is 1.35 bits per heavy atom. The van der Waals surface area contributed by atoms with Crippen molar-refractivity contribution in [1.29, 1.82) is 0 Å². The molecule has 1 aromatic rings. The third-order valence-corrected chi connectivity index (χ3v) is 3.99. The number of benzene rings is 1. The van der Waals surface area contributed by atoms with Crippen LogP contribution in [0.3, 0.4) is 0 Å². The summed E-state index contributed by atoms with van der Waals surface area (Å²) in [6.07, 6.45) is 2.95. The summed E-state index contributed by atoms with van der Waals surface area (Å²) in [5, 5.41) is 0. The number of methoxy groups -OCH3 is 2. The summed E-state index contributed by atoms with van der Waals surface area (Å²) in [5.74, 6) is 1.56. The number of halogens is 1. The van der Waals surface area contributed by atoms with Gasteiger partial charge in [-0.3, -0.25) is 0 Å². The van der Waals surface area contributed by atoms with Crippen LogP contribution in [-0.2, 0) is 12.0 Å². The summed E-state index contributed by atoms with van der Waals surface area (Å²) in [7, 11) is 3.32. The molecule has 0 radical (unpaired) electrons. The Morgan fingerprint density at radius 2 is 2.00 bits per heavy atom. The monoisotopic (exact) mass is 299 g/mol. The van der Waals surface area contributed by atoms with E-state index in [1.165, 1.54) is 5.56 Å². The summed E-state index contributed by atoms with van der Waals surface area (Å²) in [5.41, 5.74) is 8.49. The first kappa shape index (κ1) is 12.7. The van der Waals surface area contributed by atoms with Crippen LogP contribution in [0.2, 0.25) is 0 Å². The van der Waals surface area contributed by atoms with Gasteiger partial charge in [0, 0.05) is 15.6 Å². The van der Waals surface area contributed by atoms with E-state index in [2.05, 4.69) is 22.9 Å². The molecule has 0 atom stereocenters. The van der Waals surface area contributed by atoms with E-state index >= 15 is 0 Å². The molecular formula is C13H18BrNO2. The quantitative estimate of drug-likeness (QED) is 0.929. The molecule has 17 heavy (non-hydrogen) atoms. The molecule has 0 unspecified atom stereocenters. The van der Waals surface area contributed by atoms with Gasteiger partial charge in [-0.1, -0.05) is 22.9 Å². The van der Waals surface area contributed by atoms with Crippen LogP contribution < -0.4 is 15.2 Å². The second kappa shape index (κ2) is 4.50. The van der Waals surface area contributed by atoms with Gasteiger partial charge in [-0.15, -0.1) is 0 Å². The topological polar surface area (TPSA) is 44.5 Å². The third kappa shape index (κ3) is 2.04. The van der Waals surface area contributed by atoms with Crippen molar-refractivity contribution in [3.63, 3.8) is 0 Å². The third-order valence-electron chi connectivity index (χ3n) is 3.36. The van der Waals surface area contributed by atoms with E-state index in [1.54, 1.807) is 14.2 Å². The van der Waals surface area contributed by atoms with E-state index in [9.17, 15) is 0 Å². The molecular weight excluding hydrogens is 282 g/mol. The molecule has 0 saturated heterocycles. The van der Waals surface area contributed by atoms with Crippen molar-refractivity contribution in [2.45, 2.75) is 31.7 Å². The minimum Gasteiger partial charge on any atom is -0.493 e. The lowest BCUT2D eigenvalue weighted by Gasteiger charge is -2.21. The van der Waals surface area contributed by atoms with E-state index in [-0.39, 0.29) is 5.54 Å². The van der Waals surface area contributed by atoms with Crippen molar-refractivity contribution >= 4 is 15.9 Å². The van der Waals surface area contributed by atoms with Crippen LogP contribution in [0.4, 0.5) is 0 Å². The SMILES string of the molecule is CCc1c(OC)c(OC)cc(Br)c1C1(N)CC1. The molecule has 0 aliphatic heterocycles. The summed E-state index contributed by atoms with van der Waals surface area (Å²) in [6.45, 7) is 2.11. The van der Waals surface area contributed by atoms with Gasteiger partial charge in [0.1, 0.15) is 0 Å². The maximum Gasteiger partial charge on any atom is 0.164 e. The van der Waals surface area contributed by atoms with E-state index in [0.717, 1.165) is 40.8 Å². The molecule has 0 heterocycles. The minimum absolute atomic E-state index is 0.177. The second-order valence-corrected chi connectivity index (χ2v) is 5.31. The highest BCUT2D eigenvalue weighted by Crippen LogP contribution is 2.51. The molecule has 1 saturated carbocycles. The van der Waals surface area contributed by atoms with E-state index in [0.29, 0.717) is 0 Å². The van der Waals surface area contributed by atoms with Gasteiger partial charge in [-0.25, -0.2) is 0 Å². The molecule has 1 aliphatic rings. The van der Waals surface area contributed by atoms with Crippen molar-refractivity contribution < 1.29 is 9.47 Å². The number of rotatable bonds is 4. The maximum atomic E-state index is 6.33. The molecule has 94 valence electrons. The predicted octanol–water partition coefficient (Wildman–Crippen LogP) is 2.98. The summed E-state index contributed by atoms with van der Waals surface area (Å²) in [6, 6.07) is 1.94. The van der Waals surface area contributed by atoms with Crippen molar-refractivity contribution in [3.8, 4) is 11.5 Å². The lowest BCUT2D eigenvalue weighted by Crippen LogP contribution is -2.22. The number of hydrogen-bond donors (Lipinski definition) is 1. The average molecular weight is 300 g/mol. The molecule has 0 amide bonds. The van der Waals surface area contributed by atoms with Crippen LogP contribution in [0.1, 0.15) is 30.9 Å². The molecule has 2 N–H and O–H groups in total. The Bertz CT molecular complexity index is 442. The van der Waals surface area contributed by atoms with Crippen molar-refractivity contribution in [1.82, 2.24) is 0 Å². The fourth-order valence-electron chi connectivity index (χ4n) is 2.29. The molecule has 1 aromatic carbocycles. The van der Waals surface area contributed by atoms with Gasteiger partial charge in [0.2, 0.25) is 0 Å². The first-order chi connectivity index (χ1) is 8.07. The Morgan fingerprint density at radius 3 is 2.41 bits per heavy atom. The van der Waals surface area contributed by atoms with Crippen LogP contribution in [0.25, 0.3) is 0 Å². The smallest absolute Gasteiger partial charge is 0.164 e. The molecule has 2 rings (SSSR count). The van der Waals surface area contributed by atoms with Gasteiger partial charge in [0.15, 0.2) is 11.5 Å². The Balaban J connectivity index is 2.66. The molecule has 0 bridgehead atoms. The highest BCUT2D eigenvalue weighted by Gasteiger charge is 2.44. The number of ether oxygens (including phenoxy) is 2. The van der Waals surface area contributed by atoms with Gasteiger partial charge in [0.25, 0.3) is 0 Å². The summed E-state index contributed by atoms with van der Waals surface area (Å²) in [4.78, 5) is 0.